The predicted octanol–water partition coefficient (Wildman–Crippen LogP) is 1.45. The Bertz CT molecular complexity index is 261. The van der Waals surface area contributed by atoms with Gasteiger partial charge in [-0.1, -0.05) is 0 Å². The van der Waals surface area contributed by atoms with E-state index in [9.17, 15) is 4.79 Å². The summed E-state index contributed by atoms with van der Waals surface area (Å²) in [6, 6.07) is 0.325. The fraction of sp³-hybridized carbons (Fsp3) is 0.917. The summed E-state index contributed by atoms with van der Waals surface area (Å²) < 4.78 is 5.38. The van der Waals surface area contributed by atoms with Crippen LogP contribution in [0.25, 0.3) is 0 Å². The van der Waals surface area contributed by atoms with Crippen LogP contribution in [-0.4, -0.2) is 54.8 Å². The molecule has 0 aromatic carbocycles. The van der Waals surface area contributed by atoms with Crippen LogP contribution in [0.2, 0.25) is 0 Å². The second-order valence-electron chi connectivity index (χ2n) is 5.79. The van der Waals surface area contributed by atoms with Gasteiger partial charge in [-0.25, -0.2) is 4.79 Å². The number of hydrogen-bond acceptors (Lipinski definition) is 4. The van der Waals surface area contributed by atoms with Crippen molar-refractivity contribution in [1.29, 1.82) is 0 Å². The molecule has 0 aromatic heterocycles. The highest BCUT2D eigenvalue weighted by Gasteiger charge is 2.27. The van der Waals surface area contributed by atoms with Gasteiger partial charge in [0.1, 0.15) is 5.60 Å². The quantitative estimate of drug-likeness (QED) is 0.746. The second-order valence-corrected chi connectivity index (χ2v) is 5.79. The second kappa shape index (κ2) is 5.69. The lowest BCUT2D eigenvalue weighted by atomic mass is 10.1. The Morgan fingerprint density at radius 3 is 2.59 bits per heavy atom. The SMILES string of the molecule is CN(C)NC1CCCN(C(=O)OC(C)(C)C)C1. The highest BCUT2D eigenvalue weighted by molar-refractivity contribution is 5.68. The van der Waals surface area contributed by atoms with E-state index < -0.39 is 5.60 Å². The van der Waals surface area contributed by atoms with Gasteiger partial charge in [0, 0.05) is 33.2 Å². The van der Waals surface area contributed by atoms with Crippen molar-refractivity contribution >= 4 is 6.09 Å². The first-order chi connectivity index (χ1) is 7.78. The lowest BCUT2D eigenvalue weighted by Gasteiger charge is -2.35. The van der Waals surface area contributed by atoms with E-state index in [0.29, 0.717) is 12.6 Å². The van der Waals surface area contributed by atoms with Gasteiger partial charge in [0.2, 0.25) is 0 Å². The van der Waals surface area contributed by atoms with Crippen LogP contribution in [0.4, 0.5) is 4.79 Å². The number of likely N-dealkylation sites (tertiary alicyclic amines) is 1. The Hall–Kier alpha value is -0.810. The summed E-state index contributed by atoms with van der Waals surface area (Å²) in [5.74, 6) is 0. The van der Waals surface area contributed by atoms with E-state index in [1.54, 1.807) is 4.90 Å². The molecule has 1 saturated heterocycles. The minimum Gasteiger partial charge on any atom is -0.444 e. The average Bonchev–Trinajstić information content (AvgIpc) is 2.14. The fourth-order valence-electron chi connectivity index (χ4n) is 1.94. The molecule has 5 nitrogen and oxygen atoms in total. The largest absolute Gasteiger partial charge is 0.444 e. The first-order valence-corrected chi connectivity index (χ1v) is 6.19. The topological polar surface area (TPSA) is 44.8 Å². The summed E-state index contributed by atoms with van der Waals surface area (Å²) in [6.45, 7) is 7.19. The number of carbonyl (C=O) groups excluding carboxylic acids is 1. The lowest BCUT2D eigenvalue weighted by molar-refractivity contribution is 0.0159. The van der Waals surface area contributed by atoms with Crippen LogP contribution < -0.4 is 5.43 Å². The summed E-state index contributed by atoms with van der Waals surface area (Å²) >= 11 is 0. The van der Waals surface area contributed by atoms with E-state index >= 15 is 0 Å². The normalized spacial score (nSPS) is 21.8. The number of carbonyl (C=O) groups is 1. The Labute approximate surface area is 104 Å². The molecule has 0 saturated carbocycles. The van der Waals surface area contributed by atoms with Gasteiger partial charge in [-0.05, 0) is 33.6 Å². The molecular weight excluding hydrogens is 218 g/mol. The van der Waals surface area contributed by atoms with Crippen molar-refractivity contribution in [3.05, 3.63) is 0 Å². The summed E-state index contributed by atoms with van der Waals surface area (Å²) in [5, 5.41) is 1.93. The third-order valence-electron chi connectivity index (χ3n) is 2.51. The number of piperidine rings is 1. The van der Waals surface area contributed by atoms with Crippen LogP contribution in [0.3, 0.4) is 0 Å². The molecular formula is C12H25N3O2. The zero-order valence-corrected chi connectivity index (χ0v) is 11.6. The van der Waals surface area contributed by atoms with Crippen molar-refractivity contribution in [3.8, 4) is 0 Å². The first-order valence-electron chi connectivity index (χ1n) is 6.19. The molecule has 0 radical (unpaired) electrons. The Balaban J connectivity index is 2.46. The highest BCUT2D eigenvalue weighted by atomic mass is 16.6. The standard InChI is InChI=1S/C12H25N3O2/c1-12(2,3)17-11(16)15-8-6-7-10(9-15)13-14(4)5/h10,13H,6-9H2,1-5H3. The molecule has 0 spiro atoms. The van der Waals surface area contributed by atoms with E-state index in [0.717, 1.165) is 19.4 Å². The lowest BCUT2D eigenvalue weighted by Crippen LogP contribution is -2.52. The molecule has 1 heterocycles. The summed E-state index contributed by atoms with van der Waals surface area (Å²) in [4.78, 5) is 13.7. The molecule has 1 amide bonds. The van der Waals surface area contributed by atoms with Crippen molar-refractivity contribution in [3.63, 3.8) is 0 Å². The summed E-state index contributed by atoms with van der Waals surface area (Å²) in [6.07, 6.45) is 1.91. The van der Waals surface area contributed by atoms with Gasteiger partial charge in [-0.15, -0.1) is 0 Å². The minimum absolute atomic E-state index is 0.206. The molecule has 1 fully saturated rings. The third kappa shape index (κ3) is 5.37. The molecule has 100 valence electrons. The maximum Gasteiger partial charge on any atom is 0.410 e. The van der Waals surface area contributed by atoms with Crippen molar-refractivity contribution in [2.24, 2.45) is 0 Å². The Morgan fingerprint density at radius 2 is 2.06 bits per heavy atom. The van der Waals surface area contributed by atoms with E-state index in [4.69, 9.17) is 4.74 Å². The van der Waals surface area contributed by atoms with Gasteiger partial charge >= 0.3 is 6.09 Å². The number of nitrogens with zero attached hydrogens (tertiary/aromatic N) is 2. The molecule has 1 unspecified atom stereocenters. The highest BCUT2D eigenvalue weighted by Crippen LogP contribution is 2.15. The van der Waals surface area contributed by atoms with Crippen LogP contribution >= 0.6 is 0 Å². The van der Waals surface area contributed by atoms with Crippen molar-refractivity contribution in [2.45, 2.75) is 45.3 Å². The summed E-state index contributed by atoms with van der Waals surface area (Å²) in [7, 11) is 3.93. The van der Waals surface area contributed by atoms with Crippen LogP contribution in [0.1, 0.15) is 33.6 Å². The molecule has 5 heteroatoms. The number of hydrogen-bond donors (Lipinski definition) is 1. The maximum absolute atomic E-state index is 11.9. The zero-order valence-electron chi connectivity index (χ0n) is 11.6. The Morgan fingerprint density at radius 1 is 1.41 bits per heavy atom. The van der Waals surface area contributed by atoms with Crippen molar-refractivity contribution < 1.29 is 9.53 Å². The molecule has 1 aliphatic heterocycles. The number of hydrazine groups is 1. The first kappa shape index (κ1) is 14.3. The number of amides is 1. The van der Waals surface area contributed by atoms with E-state index in [-0.39, 0.29) is 6.09 Å². The van der Waals surface area contributed by atoms with Crippen molar-refractivity contribution in [1.82, 2.24) is 15.3 Å². The van der Waals surface area contributed by atoms with Crippen LogP contribution in [0, 0.1) is 0 Å². The Kier molecular flexibility index (Phi) is 4.77. The van der Waals surface area contributed by atoms with Gasteiger partial charge in [-0.3, -0.25) is 10.4 Å². The molecule has 0 aromatic rings. The zero-order chi connectivity index (χ0) is 13.1. The summed E-state index contributed by atoms with van der Waals surface area (Å²) in [5.41, 5.74) is 2.90. The number of nitrogens with one attached hydrogen (secondary N) is 1. The van der Waals surface area contributed by atoms with Gasteiger partial charge < -0.3 is 9.64 Å². The maximum atomic E-state index is 11.9. The van der Waals surface area contributed by atoms with E-state index in [2.05, 4.69) is 5.43 Å². The predicted molar refractivity (Wildman–Crippen MR) is 67.7 cm³/mol. The molecule has 1 atom stereocenters. The van der Waals surface area contributed by atoms with Gasteiger partial charge in [0.15, 0.2) is 0 Å². The number of ether oxygens (including phenoxy) is 1. The molecule has 0 aliphatic carbocycles. The molecule has 1 N–H and O–H groups in total. The number of rotatable bonds is 2. The monoisotopic (exact) mass is 243 g/mol. The molecule has 1 aliphatic rings. The van der Waals surface area contributed by atoms with E-state index in [1.165, 1.54) is 0 Å². The van der Waals surface area contributed by atoms with Gasteiger partial charge in [0.25, 0.3) is 0 Å². The fourth-order valence-corrected chi connectivity index (χ4v) is 1.94. The van der Waals surface area contributed by atoms with Crippen molar-refractivity contribution in [2.75, 3.05) is 27.2 Å². The van der Waals surface area contributed by atoms with Gasteiger partial charge in [-0.2, -0.15) is 0 Å². The van der Waals surface area contributed by atoms with Gasteiger partial charge in [0.05, 0.1) is 0 Å². The third-order valence-corrected chi connectivity index (χ3v) is 2.51. The van der Waals surface area contributed by atoms with Crippen LogP contribution in [0.15, 0.2) is 0 Å². The smallest absolute Gasteiger partial charge is 0.410 e. The van der Waals surface area contributed by atoms with Crippen LogP contribution in [-0.2, 0) is 4.74 Å². The minimum atomic E-state index is -0.418. The molecule has 0 bridgehead atoms. The molecule has 1 rings (SSSR count). The van der Waals surface area contributed by atoms with Crippen LogP contribution in [0.5, 0.6) is 0 Å². The average molecular weight is 243 g/mol. The molecule has 17 heavy (non-hydrogen) atoms. The van der Waals surface area contributed by atoms with E-state index in [1.807, 2.05) is 39.9 Å².